The first-order valence-corrected chi connectivity index (χ1v) is 6.89. The molecule has 2 nitrogen and oxygen atoms in total. The highest BCUT2D eigenvalue weighted by Gasteiger charge is 2.17. The average Bonchev–Trinajstić information content (AvgIpc) is 2.77. The highest BCUT2D eigenvalue weighted by molar-refractivity contribution is 7.98. The molecule has 0 aromatic heterocycles. The summed E-state index contributed by atoms with van der Waals surface area (Å²) in [7, 11) is 0. The van der Waals surface area contributed by atoms with Crippen molar-refractivity contribution in [3.63, 3.8) is 0 Å². The first-order chi connectivity index (χ1) is 8.81. The van der Waals surface area contributed by atoms with E-state index in [2.05, 4.69) is 41.7 Å². The predicted molar refractivity (Wildman–Crippen MR) is 74.8 cm³/mol. The van der Waals surface area contributed by atoms with Crippen molar-refractivity contribution in [1.82, 2.24) is 0 Å². The minimum Gasteiger partial charge on any atom is -0.326 e. The molecule has 0 bridgehead atoms. The summed E-state index contributed by atoms with van der Waals surface area (Å²) in [6.45, 7) is 0. The lowest BCUT2D eigenvalue weighted by Gasteiger charge is -2.04. The van der Waals surface area contributed by atoms with Gasteiger partial charge in [-0.2, -0.15) is 0 Å². The number of carbonyl (C=O) groups is 1. The molecule has 1 aliphatic rings. The zero-order valence-corrected chi connectivity index (χ0v) is 10.7. The first-order valence-electron chi connectivity index (χ1n) is 5.91. The van der Waals surface area contributed by atoms with Gasteiger partial charge in [0.05, 0.1) is 6.42 Å². The van der Waals surface area contributed by atoms with Gasteiger partial charge in [-0.1, -0.05) is 30.3 Å². The van der Waals surface area contributed by atoms with Crippen LogP contribution in [0.1, 0.15) is 11.1 Å². The van der Waals surface area contributed by atoms with Crippen LogP contribution in [0.15, 0.2) is 53.4 Å². The predicted octanol–water partition coefficient (Wildman–Crippen LogP) is 3.47. The van der Waals surface area contributed by atoms with Crippen LogP contribution >= 0.6 is 11.8 Å². The molecule has 3 heteroatoms. The van der Waals surface area contributed by atoms with Gasteiger partial charge < -0.3 is 5.32 Å². The normalized spacial score (nSPS) is 13.2. The fourth-order valence-electron chi connectivity index (χ4n) is 2.04. The lowest BCUT2D eigenvalue weighted by Crippen LogP contribution is -2.03. The minimum atomic E-state index is 0.0928. The number of rotatable bonds is 3. The molecule has 0 atom stereocenters. The molecule has 0 fully saturated rings. The lowest BCUT2D eigenvalue weighted by molar-refractivity contribution is -0.115. The van der Waals surface area contributed by atoms with Gasteiger partial charge in [0.25, 0.3) is 0 Å². The molecule has 0 spiro atoms. The van der Waals surface area contributed by atoms with Gasteiger partial charge in [0.2, 0.25) is 5.91 Å². The highest BCUT2D eigenvalue weighted by atomic mass is 32.2. The van der Waals surface area contributed by atoms with E-state index in [0.29, 0.717) is 6.42 Å². The van der Waals surface area contributed by atoms with Gasteiger partial charge in [-0.3, -0.25) is 4.79 Å². The molecule has 1 N–H and O–H groups in total. The second-order valence-electron chi connectivity index (χ2n) is 4.32. The number of amides is 1. The molecule has 0 saturated carbocycles. The van der Waals surface area contributed by atoms with Crippen molar-refractivity contribution >= 4 is 23.4 Å². The van der Waals surface area contributed by atoms with E-state index in [1.54, 1.807) is 11.8 Å². The van der Waals surface area contributed by atoms with Crippen molar-refractivity contribution in [2.75, 3.05) is 5.32 Å². The zero-order valence-electron chi connectivity index (χ0n) is 9.85. The molecule has 2 aromatic carbocycles. The van der Waals surface area contributed by atoms with Gasteiger partial charge in [-0.05, 0) is 29.3 Å². The maximum absolute atomic E-state index is 11.3. The summed E-state index contributed by atoms with van der Waals surface area (Å²) in [6.07, 6.45) is 0.509. The number of thioether (sulfide) groups is 1. The Bertz CT molecular complexity index is 580. The minimum absolute atomic E-state index is 0.0928. The van der Waals surface area contributed by atoms with Gasteiger partial charge in [-0.15, -0.1) is 11.8 Å². The van der Waals surface area contributed by atoms with Gasteiger partial charge >= 0.3 is 0 Å². The lowest BCUT2D eigenvalue weighted by atomic mass is 10.2. The Balaban J connectivity index is 1.71. The van der Waals surface area contributed by atoms with E-state index >= 15 is 0 Å². The monoisotopic (exact) mass is 255 g/mol. The Morgan fingerprint density at radius 3 is 2.78 bits per heavy atom. The van der Waals surface area contributed by atoms with Crippen molar-refractivity contribution < 1.29 is 4.79 Å². The van der Waals surface area contributed by atoms with Crippen molar-refractivity contribution in [2.45, 2.75) is 17.1 Å². The largest absolute Gasteiger partial charge is 0.326 e. The summed E-state index contributed by atoms with van der Waals surface area (Å²) in [5.74, 6) is 1.05. The molecule has 0 aliphatic carbocycles. The summed E-state index contributed by atoms with van der Waals surface area (Å²) in [4.78, 5) is 12.5. The van der Waals surface area contributed by atoms with Crippen molar-refractivity contribution in [3.8, 4) is 0 Å². The van der Waals surface area contributed by atoms with E-state index in [0.717, 1.165) is 17.0 Å². The van der Waals surface area contributed by atoms with E-state index in [-0.39, 0.29) is 5.91 Å². The fourth-order valence-corrected chi connectivity index (χ4v) is 2.95. The van der Waals surface area contributed by atoms with Crippen LogP contribution in [0.5, 0.6) is 0 Å². The van der Waals surface area contributed by atoms with Gasteiger partial charge in [0, 0.05) is 16.3 Å². The molecule has 0 radical (unpaired) electrons. The molecule has 18 heavy (non-hydrogen) atoms. The second kappa shape index (κ2) is 4.86. The Hall–Kier alpha value is -1.74. The standard InChI is InChI=1S/C15H13NOS/c17-15-9-12-8-13(6-7-14(12)16-15)18-10-11-4-2-1-3-5-11/h1-8H,9-10H2,(H,16,17). The Labute approximate surface area is 110 Å². The number of carbonyl (C=O) groups excluding carboxylic acids is 1. The third-order valence-electron chi connectivity index (χ3n) is 2.95. The summed E-state index contributed by atoms with van der Waals surface area (Å²) >= 11 is 1.80. The van der Waals surface area contributed by atoms with Crippen LogP contribution < -0.4 is 5.32 Å². The summed E-state index contributed by atoms with van der Waals surface area (Å²) in [6, 6.07) is 16.6. The number of anilines is 1. The van der Waals surface area contributed by atoms with E-state index < -0.39 is 0 Å². The Morgan fingerprint density at radius 1 is 1.11 bits per heavy atom. The van der Waals surface area contributed by atoms with Crippen LogP contribution in [0.4, 0.5) is 5.69 Å². The zero-order chi connectivity index (χ0) is 12.4. The molecular formula is C15H13NOS. The van der Waals surface area contributed by atoms with Gasteiger partial charge in [0.15, 0.2) is 0 Å². The van der Waals surface area contributed by atoms with Crippen molar-refractivity contribution in [3.05, 3.63) is 59.7 Å². The number of hydrogen-bond acceptors (Lipinski definition) is 2. The topological polar surface area (TPSA) is 29.1 Å². The molecule has 2 aromatic rings. The summed E-state index contributed by atoms with van der Waals surface area (Å²) in [5.41, 5.74) is 3.39. The van der Waals surface area contributed by atoms with Crippen molar-refractivity contribution in [2.24, 2.45) is 0 Å². The van der Waals surface area contributed by atoms with Crippen LogP contribution in [-0.4, -0.2) is 5.91 Å². The molecule has 1 amide bonds. The molecule has 0 saturated heterocycles. The van der Waals surface area contributed by atoms with Crippen LogP contribution in [-0.2, 0) is 17.0 Å². The molecule has 3 rings (SSSR count). The molecule has 90 valence electrons. The summed E-state index contributed by atoms with van der Waals surface area (Å²) in [5, 5.41) is 2.85. The number of benzene rings is 2. The SMILES string of the molecule is O=C1Cc2cc(SCc3ccccc3)ccc2N1. The Kier molecular flexibility index (Phi) is 3.07. The second-order valence-corrected chi connectivity index (χ2v) is 5.37. The number of fused-ring (bicyclic) bond motifs is 1. The maximum atomic E-state index is 11.3. The van der Waals surface area contributed by atoms with E-state index in [4.69, 9.17) is 0 Å². The van der Waals surface area contributed by atoms with Crippen molar-refractivity contribution in [1.29, 1.82) is 0 Å². The molecule has 1 heterocycles. The van der Waals surface area contributed by atoms with Crippen LogP contribution in [0, 0.1) is 0 Å². The quantitative estimate of drug-likeness (QED) is 0.851. The average molecular weight is 255 g/mol. The summed E-state index contributed by atoms with van der Waals surface area (Å²) < 4.78 is 0. The first kappa shape index (κ1) is 11.4. The third kappa shape index (κ3) is 2.41. The smallest absolute Gasteiger partial charge is 0.228 e. The number of hydrogen-bond donors (Lipinski definition) is 1. The van der Waals surface area contributed by atoms with Crippen LogP contribution in [0.25, 0.3) is 0 Å². The highest BCUT2D eigenvalue weighted by Crippen LogP contribution is 2.30. The molecular weight excluding hydrogens is 242 g/mol. The fraction of sp³-hybridized carbons (Fsp3) is 0.133. The maximum Gasteiger partial charge on any atom is 0.228 e. The number of nitrogens with one attached hydrogen (secondary N) is 1. The van der Waals surface area contributed by atoms with Crippen LogP contribution in [0.3, 0.4) is 0 Å². The van der Waals surface area contributed by atoms with Gasteiger partial charge in [-0.25, -0.2) is 0 Å². The Morgan fingerprint density at radius 2 is 1.94 bits per heavy atom. The molecule has 1 aliphatic heterocycles. The van der Waals surface area contributed by atoms with E-state index in [1.807, 2.05) is 12.1 Å². The van der Waals surface area contributed by atoms with Crippen LogP contribution in [0.2, 0.25) is 0 Å². The van der Waals surface area contributed by atoms with Gasteiger partial charge in [0.1, 0.15) is 0 Å². The van der Waals surface area contributed by atoms with E-state index in [1.165, 1.54) is 10.5 Å². The van der Waals surface area contributed by atoms with E-state index in [9.17, 15) is 4.79 Å². The third-order valence-corrected chi connectivity index (χ3v) is 4.02. The molecule has 0 unspecified atom stereocenters.